The molecule has 0 saturated heterocycles. The fraction of sp³-hybridized carbons (Fsp3) is 0.667. The van der Waals surface area contributed by atoms with E-state index in [-0.39, 0.29) is 0 Å². The van der Waals surface area contributed by atoms with Crippen LogP contribution in [0.15, 0.2) is 12.4 Å². The van der Waals surface area contributed by atoms with Crippen LogP contribution in [0.1, 0.15) is 26.3 Å². The third-order valence-electron chi connectivity index (χ3n) is 2.37. The van der Waals surface area contributed by atoms with Gasteiger partial charge in [-0.15, -0.1) is 0 Å². The van der Waals surface area contributed by atoms with Crippen molar-refractivity contribution in [1.29, 1.82) is 0 Å². The van der Waals surface area contributed by atoms with E-state index in [2.05, 4.69) is 41.0 Å². The third kappa shape index (κ3) is 4.14. The van der Waals surface area contributed by atoms with Crippen LogP contribution in [0.4, 0.5) is 5.95 Å². The average molecular weight is 222 g/mol. The van der Waals surface area contributed by atoms with Crippen LogP contribution in [0, 0.1) is 6.92 Å². The van der Waals surface area contributed by atoms with Crippen molar-refractivity contribution >= 4 is 5.95 Å². The largest absolute Gasteiger partial charge is 0.340 e. The molecule has 0 aliphatic heterocycles. The highest BCUT2D eigenvalue weighted by atomic mass is 15.2. The summed E-state index contributed by atoms with van der Waals surface area (Å²) < 4.78 is 0. The highest BCUT2D eigenvalue weighted by molar-refractivity contribution is 5.29. The lowest BCUT2D eigenvalue weighted by atomic mass is 10.4. The van der Waals surface area contributed by atoms with Gasteiger partial charge in [0.05, 0.1) is 0 Å². The Kier molecular flexibility index (Phi) is 5.19. The SMILES string of the molecule is CCN(CCNC(C)C)c1ncc(C)cn1. The lowest BCUT2D eigenvalue weighted by molar-refractivity contribution is 0.580. The summed E-state index contributed by atoms with van der Waals surface area (Å²) in [5.74, 6) is 0.818. The van der Waals surface area contributed by atoms with E-state index in [4.69, 9.17) is 0 Å². The topological polar surface area (TPSA) is 41.0 Å². The minimum Gasteiger partial charge on any atom is -0.340 e. The van der Waals surface area contributed by atoms with Crippen LogP contribution in [-0.4, -0.2) is 35.6 Å². The van der Waals surface area contributed by atoms with E-state index in [0.29, 0.717) is 6.04 Å². The molecule has 16 heavy (non-hydrogen) atoms. The average Bonchev–Trinajstić information content (AvgIpc) is 2.26. The lowest BCUT2D eigenvalue weighted by Crippen LogP contribution is -2.35. The summed E-state index contributed by atoms with van der Waals surface area (Å²) in [5, 5.41) is 3.39. The summed E-state index contributed by atoms with van der Waals surface area (Å²) in [4.78, 5) is 10.8. The van der Waals surface area contributed by atoms with Gasteiger partial charge in [0.1, 0.15) is 0 Å². The van der Waals surface area contributed by atoms with E-state index in [9.17, 15) is 0 Å². The van der Waals surface area contributed by atoms with Crippen molar-refractivity contribution < 1.29 is 0 Å². The van der Waals surface area contributed by atoms with Crippen molar-refractivity contribution in [3.05, 3.63) is 18.0 Å². The van der Waals surface area contributed by atoms with Crippen LogP contribution in [-0.2, 0) is 0 Å². The van der Waals surface area contributed by atoms with E-state index in [1.807, 2.05) is 19.3 Å². The number of anilines is 1. The second-order valence-corrected chi connectivity index (χ2v) is 4.25. The maximum Gasteiger partial charge on any atom is 0.225 e. The van der Waals surface area contributed by atoms with Gasteiger partial charge in [0, 0.05) is 38.1 Å². The molecule has 1 N–H and O–H groups in total. The fourth-order valence-electron chi connectivity index (χ4n) is 1.44. The summed E-state index contributed by atoms with van der Waals surface area (Å²) in [6, 6.07) is 0.526. The smallest absolute Gasteiger partial charge is 0.225 e. The van der Waals surface area contributed by atoms with Gasteiger partial charge in [-0.25, -0.2) is 9.97 Å². The maximum absolute atomic E-state index is 4.33. The van der Waals surface area contributed by atoms with Crippen molar-refractivity contribution in [2.75, 3.05) is 24.5 Å². The van der Waals surface area contributed by atoms with Crippen molar-refractivity contribution in [1.82, 2.24) is 15.3 Å². The van der Waals surface area contributed by atoms with Gasteiger partial charge < -0.3 is 10.2 Å². The molecule has 0 aliphatic rings. The molecule has 0 bridgehead atoms. The summed E-state index contributed by atoms with van der Waals surface area (Å²) in [6.07, 6.45) is 3.72. The predicted molar refractivity (Wildman–Crippen MR) is 67.8 cm³/mol. The first-order chi connectivity index (χ1) is 7.63. The van der Waals surface area contributed by atoms with E-state index in [0.717, 1.165) is 31.1 Å². The number of rotatable bonds is 6. The molecule has 0 atom stereocenters. The first-order valence-electron chi connectivity index (χ1n) is 5.90. The molecule has 0 fully saturated rings. The summed E-state index contributed by atoms with van der Waals surface area (Å²) >= 11 is 0. The van der Waals surface area contributed by atoms with Crippen LogP contribution in [0.25, 0.3) is 0 Å². The summed E-state index contributed by atoms with van der Waals surface area (Å²) in [7, 11) is 0. The number of aryl methyl sites for hydroxylation is 1. The molecule has 0 saturated carbocycles. The zero-order valence-electron chi connectivity index (χ0n) is 10.7. The van der Waals surface area contributed by atoms with Gasteiger partial charge in [-0.3, -0.25) is 0 Å². The number of hydrogen-bond donors (Lipinski definition) is 1. The number of nitrogens with one attached hydrogen (secondary N) is 1. The van der Waals surface area contributed by atoms with E-state index in [1.54, 1.807) is 0 Å². The van der Waals surface area contributed by atoms with Crippen LogP contribution >= 0.6 is 0 Å². The first kappa shape index (κ1) is 12.9. The van der Waals surface area contributed by atoms with Gasteiger partial charge in [-0.2, -0.15) is 0 Å². The van der Waals surface area contributed by atoms with Gasteiger partial charge >= 0.3 is 0 Å². The number of likely N-dealkylation sites (N-methyl/N-ethyl adjacent to an activating group) is 1. The minimum absolute atomic E-state index is 0.526. The van der Waals surface area contributed by atoms with Crippen molar-refractivity contribution in [3.8, 4) is 0 Å². The van der Waals surface area contributed by atoms with E-state index >= 15 is 0 Å². The second kappa shape index (κ2) is 6.43. The molecule has 4 heteroatoms. The van der Waals surface area contributed by atoms with Crippen molar-refractivity contribution in [3.63, 3.8) is 0 Å². The lowest BCUT2D eigenvalue weighted by Gasteiger charge is -2.21. The van der Waals surface area contributed by atoms with Gasteiger partial charge in [-0.05, 0) is 19.4 Å². The standard InChI is InChI=1S/C12H22N4/c1-5-16(7-6-13-10(2)3)12-14-8-11(4)9-15-12/h8-10,13H,5-7H2,1-4H3. The quantitative estimate of drug-likeness (QED) is 0.794. The fourth-order valence-corrected chi connectivity index (χ4v) is 1.44. The molecular weight excluding hydrogens is 200 g/mol. The monoisotopic (exact) mass is 222 g/mol. The molecular formula is C12H22N4. The van der Waals surface area contributed by atoms with E-state index < -0.39 is 0 Å². The van der Waals surface area contributed by atoms with Gasteiger partial charge in [0.2, 0.25) is 5.95 Å². The Labute approximate surface area is 98.1 Å². The Morgan fingerprint density at radius 1 is 1.31 bits per heavy atom. The van der Waals surface area contributed by atoms with Gasteiger partial charge in [0.15, 0.2) is 0 Å². The Morgan fingerprint density at radius 2 is 1.94 bits per heavy atom. The predicted octanol–water partition coefficient (Wildman–Crippen LogP) is 1.61. The molecule has 0 unspecified atom stereocenters. The molecule has 1 heterocycles. The molecule has 4 nitrogen and oxygen atoms in total. The van der Waals surface area contributed by atoms with E-state index in [1.165, 1.54) is 0 Å². The Hall–Kier alpha value is -1.16. The third-order valence-corrected chi connectivity index (χ3v) is 2.37. The zero-order valence-corrected chi connectivity index (χ0v) is 10.7. The van der Waals surface area contributed by atoms with Gasteiger partial charge in [-0.1, -0.05) is 13.8 Å². The summed E-state index contributed by atoms with van der Waals surface area (Å²) in [5.41, 5.74) is 1.10. The second-order valence-electron chi connectivity index (χ2n) is 4.25. The Bertz CT molecular complexity index is 294. The number of nitrogens with zero attached hydrogens (tertiary/aromatic N) is 3. The van der Waals surface area contributed by atoms with Crippen LogP contribution in [0.5, 0.6) is 0 Å². The molecule has 1 aromatic heterocycles. The number of aromatic nitrogens is 2. The Morgan fingerprint density at radius 3 is 2.44 bits per heavy atom. The highest BCUT2D eigenvalue weighted by Crippen LogP contribution is 2.05. The molecule has 0 aliphatic carbocycles. The van der Waals surface area contributed by atoms with Crippen molar-refractivity contribution in [2.24, 2.45) is 0 Å². The molecule has 0 aromatic carbocycles. The maximum atomic E-state index is 4.33. The molecule has 1 aromatic rings. The molecule has 1 rings (SSSR count). The highest BCUT2D eigenvalue weighted by Gasteiger charge is 2.06. The van der Waals surface area contributed by atoms with Crippen LogP contribution < -0.4 is 10.2 Å². The minimum atomic E-state index is 0.526. The molecule has 90 valence electrons. The molecule has 0 amide bonds. The zero-order chi connectivity index (χ0) is 12.0. The first-order valence-corrected chi connectivity index (χ1v) is 5.90. The Balaban J connectivity index is 2.50. The van der Waals surface area contributed by atoms with Crippen molar-refractivity contribution in [2.45, 2.75) is 33.7 Å². The van der Waals surface area contributed by atoms with Gasteiger partial charge in [0.25, 0.3) is 0 Å². The molecule has 0 radical (unpaired) electrons. The van der Waals surface area contributed by atoms with Crippen LogP contribution in [0.3, 0.4) is 0 Å². The van der Waals surface area contributed by atoms with Crippen LogP contribution in [0.2, 0.25) is 0 Å². The molecule has 0 spiro atoms. The normalized spacial score (nSPS) is 10.8. The number of hydrogen-bond acceptors (Lipinski definition) is 4. The summed E-state index contributed by atoms with van der Waals surface area (Å²) in [6.45, 7) is 11.3.